The van der Waals surface area contributed by atoms with Gasteiger partial charge in [0.2, 0.25) is 0 Å². The molecule has 0 saturated carbocycles. The summed E-state index contributed by atoms with van der Waals surface area (Å²) >= 11 is 0. The molecule has 4 nitrogen and oxygen atoms in total. The van der Waals surface area contributed by atoms with Crippen molar-refractivity contribution in [1.82, 2.24) is 0 Å². The first-order chi connectivity index (χ1) is 14.6. The van der Waals surface area contributed by atoms with Crippen molar-refractivity contribution in [2.75, 3.05) is 6.61 Å². The lowest BCUT2D eigenvalue weighted by Gasteiger charge is -2.11. The quantitative estimate of drug-likeness (QED) is 0.320. The van der Waals surface area contributed by atoms with Gasteiger partial charge in [0.1, 0.15) is 0 Å². The number of hydrogen-bond acceptors (Lipinski definition) is 4. The Balaban J connectivity index is 2.46. The van der Waals surface area contributed by atoms with E-state index in [-0.39, 0.29) is 18.2 Å². The summed E-state index contributed by atoms with van der Waals surface area (Å²) in [6.45, 7) is 9.69. The summed E-state index contributed by atoms with van der Waals surface area (Å²) in [5, 5.41) is 19.7. The molecule has 1 atom stereocenters. The van der Waals surface area contributed by atoms with E-state index in [0.717, 1.165) is 31.3 Å². The van der Waals surface area contributed by atoms with Gasteiger partial charge >= 0.3 is 0 Å². The number of rotatable bonds is 12. The minimum Gasteiger partial charge on any atom is -0.392 e. The van der Waals surface area contributed by atoms with Crippen molar-refractivity contribution >= 4 is 11.6 Å². The Morgan fingerprint density at radius 2 is 1.55 bits per heavy atom. The second kappa shape index (κ2) is 13.9. The molecule has 2 N–H and O–H groups in total. The number of hydrogen-bond donors (Lipinski definition) is 2. The zero-order chi connectivity index (χ0) is 23.4. The third-order valence-electron chi connectivity index (χ3n) is 5.33. The molecule has 0 bridgehead atoms. The fourth-order valence-electron chi connectivity index (χ4n) is 3.29. The molecular weight excluding hydrogens is 388 g/mol. The lowest BCUT2D eigenvalue weighted by atomic mass is 9.94. The van der Waals surface area contributed by atoms with Gasteiger partial charge in [-0.05, 0) is 90.9 Å². The van der Waals surface area contributed by atoms with E-state index < -0.39 is 6.10 Å². The van der Waals surface area contributed by atoms with Crippen LogP contribution in [0.25, 0.3) is 0 Å². The third kappa shape index (κ3) is 10.5. The van der Waals surface area contributed by atoms with Crippen LogP contribution in [-0.4, -0.2) is 34.5 Å². The number of carbonyl (C=O) groups is 2. The van der Waals surface area contributed by atoms with Crippen molar-refractivity contribution < 1.29 is 19.8 Å². The number of aliphatic hydroxyl groups is 2. The van der Waals surface area contributed by atoms with Crippen molar-refractivity contribution in [1.29, 1.82) is 0 Å². The highest BCUT2D eigenvalue weighted by Crippen LogP contribution is 2.18. The summed E-state index contributed by atoms with van der Waals surface area (Å²) in [6, 6.07) is 0. The zero-order valence-electron chi connectivity index (χ0n) is 19.7. The Morgan fingerprint density at radius 1 is 0.935 bits per heavy atom. The Hall–Kier alpha value is -2.30. The van der Waals surface area contributed by atoms with Crippen molar-refractivity contribution in [3.8, 4) is 0 Å². The first-order valence-corrected chi connectivity index (χ1v) is 11.0. The highest BCUT2D eigenvalue weighted by molar-refractivity contribution is 6.20. The standard InChI is InChI=1S/C27H38O4/c1-19(2)12-15-26(30)24(18-28)11-7-10-20(3)8-6-9-21(4)13-14-23-17-25(29)16-22(5)27(23)31/h8,11-13,16-17,26,28,30H,6-7,9-10,14-15,18H2,1-5H3/b20-8+,21-13+,24-11+/t26-/m0/s1. The van der Waals surface area contributed by atoms with Gasteiger partial charge in [0, 0.05) is 11.1 Å². The van der Waals surface area contributed by atoms with E-state index in [0.29, 0.717) is 29.6 Å². The average molecular weight is 427 g/mol. The smallest absolute Gasteiger partial charge is 0.185 e. The molecule has 1 aliphatic carbocycles. The summed E-state index contributed by atoms with van der Waals surface area (Å²) in [5.74, 6) is -0.153. The molecule has 170 valence electrons. The number of carbonyl (C=O) groups excluding carboxylic acids is 2. The van der Waals surface area contributed by atoms with E-state index in [1.165, 1.54) is 23.3 Å². The van der Waals surface area contributed by atoms with Crippen molar-refractivity contribution in [2.45, 2.75) is 79.2 Å². The number of aliphatic hydroxyl groups excluding tert-OH is 2. The van der Waals surface area contributed by atoms with Gasteiger partial charge in [-0.3, -0.25) is 9.59 Å². The summed E-state index contributed by atoms with van der Waals surface area (Å²) in [5.41, 5.74) is 5.38. The van der Waals surface area contributed by atoms with Crippen LogP contribution in [0, 0.1) is 0 Å². The molecule has 0 unspecified atom stereocenters. The van der Waals surface area contributed by atoms with E-state index in [1.807, 2.05) is 39.0 Å². The topological polar surface area (TPSA) is 74.6 Å². The van der Waals surface area contributed by atoms with Crippen LogP contribution >= 0.6 is 0 Å². The number of allylic oxidation sites excluding steroid dienone is 10. The van der Waals surface area contributed by atoms with E-state index in [4.69, 9.17) is 0 Å². The lowest BCUT2D eigenvalue weighted by molar-refractivity contribution is -0.115. The van der Waals surface area contributed by atoms with Crippen LogP contribution < -0.4 is 0 Å². The molecule has 4 heteroatoms. The predicted molar refractivity (Wildman–Crippen MR) is 128 cm³/mol. The highest BCUT2D eigenvalue weighted by Gasteiger charge is 2.17. The number of ketones is 2. The van der Waals surface area contributed by atoms with Gasteiger partial charge in [-0.1, -0.05) is 41.0 Å². The summed E-state index contributed by atoms with van der Waals surface area (Å²) in [7, 11) is 0. The molecule has 1 rings (SSSR count). The summed E-state index contributed by atoms with van der Waals surface area (Å²) in [6.07, 6.45) is 14.9. The minimum absolute atomic E-state index is 0.0411. The van der Waals surface area contributed by atoms with E-state index in [2.05, 4.69) is 13.0 Å². The van der Waals surface area contributed by atoms with Gasteiger partial charge < -0.3 is 10.2 Å². The maximum absolute atomic E-state index is 12.1. The van der Waals surface area contributed by atoms with Crippen LogP contribution in [0.4, 0.5) is 0 Å². The maximum Gasteiger partial charge on any atom is 0.185 e. The molecule has 0 spiro atoms. The molecule has 0 saturated heterocycles. The summed E-state index contributed by atoms with van der Waals surface area (Å²) in [4.78, 5) is 23.7. The SMILES string of the molecule is CC(C)=CC[C@H](O)/C(=C/CC/C(C)=C/CC/C(C)=C/CC1=CC(=O)C=C(C)C1=O)CO. The van der Waals surface area contributed by atoms with Gasteiger partial charge in [0.25, 0.3) is 0 Å². The lowest BCUT2D eigenvalue weighted by Crippen LogP contribution is -2.12. The monoisotopic (exact) mass is 426 g/mol. The Kier molecular flexibility index (Phi) is 12.0. The Labute approximate surface area is 187 Å². The molecule has 0 heterocycles. The molecule has 0 aromatic carbocycles. The zero-order valence-corrected chi connectivity index (χ0v) is 19.7. The molecule has 0 aliphatic heterocycles. The van der Waals surface area contributed by atoms with Gasteiger partial charge in [-0.25, -0.2) is 0 Å². The largest absolute Gasteiger partial charge is 0.392 e. The fraction of sp³-hybridized carbons (Fsp3) is 0.481. The normalized spacial score (nSPS) is 16.8. The summed E-state index contributed by atoms with van der Waals surface area (Å²) < 4.78 is 0. The van der Waals surface area contributed by atoms with Gasteiger partial charge in [0.05, 0.1) is 12.7 Å². The first-order valence-electron chi connectivity index (χ1n) is 11.0. The molecule has 0 fully saturated rings. The van der Waals surface area contributed by atoms with E-state index >= 15 is 0 Å². The van der Waals surface area contributed by atoms with Gasteiger partial charge in [-0.15, -0.1) is 0 Å². The van der Waals surface area contributed by atoms with Crippen LogP contribution in [0.5, 0.6) is 0 Å². The average Bonchev–Trinajstić information content (AvgIpc) is 2.70. The van der Waals surface area contributed by atoms with Gasteiger partial charge in [0.15, 0.2) is 11.6 Å². The molecule has 0 aromatic heterocycles. The Bertz CT molecular complexity index is 827. The van der Waals surface area contributed by atoms with Crippen LogP contribution in [0.15, 0.2) is 69.9 Å². The molecule has 1 aliphatic rings. The molecule has 0 aromatic rings. The van der Waals surface area contributed by atoms with Crippen LogP contribution in [0.1, 0.15) is 73.1 Å². The van der Waals surface area contributed by atoms with Crippen molar-refractivity contribution in [3.05, 3.63) is 69.9 Å². The Morgan fingerprint density at radius 3 is 2.16 bits per heavy atom. The second-order valence-corrected chi connectivity index (χ2v) is 8.58. The molecular formula is C27H38O4. The third-order valence-corrected chi connectivity index (χ3v) is 5.33. The van der Waals surface area contributed by atoms with Crippen molar-refractivity contribution in [2.24, 2.45) is 0 Å². The molecule has 31 heavy (non-hydrogen) atoms. The second-order valence-electron chi connectivity index (χ2n) is 8.58. The van der Waals surface area contributed by atoms with E-state index in [9.17, 15) is 19.8 Å². The van der Waals surface area contributed by atoms with E-state index in [1.54, 1.807) is 6.92 Å². The highest BCUT2D eigenvalue weighted by atomic mass is 16.3. The molecule has 0 amide bonds. The maximum atomic E-state index is 12.1. The predicted octanol–water partition coefficient (Wildman–Crippen LogP) is 5.49. The van der Waals surface area contributed by atoms with Gasteiger partial charge in [-0.2, -0.15) is 0 Å². The fourth-order valence-corrected chi connectivity index (χ4v) is 3.29. The van der Waals surface area contributed by atoms with Crippen molar-refractivity contribution in [3.63, 3.8) is 0 Å². The number of Topliss-reactive ketones (excluding diaryl/α,β-unsaturated/α-hetero) is 1. The minimum atomic E-state index is -0.627. The first kappa shape index (κ1) is 26.7. The van der Waals surface area contributed by atoms with Crippen LogP contribution in [0.3, 0.4) is 0 Å². The van der Waals surface area contributed by atoms with Crippen LogP contribution in [0.2, 0.25) is 0 Å². The van der Waals surface area contributed by atoms with Crippen LogP contribution in [-0.2, 0) is 9.59 Å². The molecule has 0 radical (unpaired) electrons.